The highest BCUT2D eigenvalue weighted by Crippen LogP contribution is 2.25. The second-order valence-corrected chi connectivity index (χ2v) is 2.45. The maximum atomic E-state index is 12.9. The Morgan fingerprint density at radius 2 is 2.14 bits per heavy atom. The highest BCUT2D eigenvalue weighted by atomic mass is 19.1. The number of nitrogens with zero attached hydrogens (tertiary/aromatic N) is 1. The number of carboxylic acids is 1. The Hall–Kier alpha value is -2.18. The summed E-state index contributed by atoms with van der Waals surface area (Å²) >= 11 is 0. The smallest absolute Gasteiger partial charge is 0.336 e. The van der Waals surface area contributed by atoms with Crippen LogP contribution in [0.5, 0.6) is 0 Å². The highest BCUT2D eigenvalue weighted by molar-refractivity contribution is 5.89. The Balaban J connectivity index is 3.43. The minimum atomic E-state index is -1.45. The van der Waals surface area contributed by atoms with Crippen LogP contribution < -0.4 is 5.73 Å². The maximum absolute atomic E-state index is 12.9. The van der Waals surface area contributed by atoms with Gasteiger partial charge >= 0.3 is 5.97 Å². The third kappa shape index (κ3) is 1.60. The van der Waals surface area contributed by atoms with Crippen LogP contribution in [-0.4, -0.2) is 16.0 Å². The SMILES string of the molecule is Nc1c(F)cc(C(=O)O)cc1[N+](=O)[O-]. The Morgan fingerprint density at radius 3 is 2.57 bits per heavy atom. The Kier molecular flexibility index (Phi) is 2.32. The van der Waals surface area contributed by atoms with Crippen molar-refractivity contribution in [2.75, 3.05) is 5.73 Å². The molecule has 0 aliphatic rings. The number of hydrogen-bond acceptors (Lipinski definition) is 4. The molecule has 0 aliphatic heterocycles. The van der Waals surface area contributed by atoms with Crippen molar-refractivity contribution in [1.29, 1.82) is 0 Å². The van der Waals surface area contributed by atoms with E-state index in [4.69, 9.17) is 10.8 Å². The Morgan fingerprint density at radius 1 is 1.57 bits per heavy atom. The number of aromatic carboxylic acids is 1. The van der Waals surface area contributed by atoms with Crippen molar-refractivity contribution < 1.29 is 19.2 Å². The Labute approximate surface area is 76.9 Å². The van der Waals surface area contributed by atoms with Gasteiger partial charge in [-0.2, -0.15) is 0 Å². The molecule has 6 nitrogen and oxygen atoms in total. The summed E-state index contributed by atoms with van der Waals surface area (Å²) < 4.78 is 12.9. The number of nitro groups is 1. The molecule has 3 N–H and O–H groups in total. The van der Waals surface area contributed by atoms with Gasteiger partial charge in [-0.1, -0.05) is 0 Å². The first kappa shape index (κ1) is 9.90. The van der Waals surface area contributed by atoms with Crippen LogP contribution in [0.15, 0.2) is 12.1 Å². The third-order valence-electron chi connectivity index (χ3n) is 1.55. The lowest BCUT2D eigenvalue weighted by Crippen LogP contribution is -2.04. The molecule has 0 unspecified atom stereocenters. The van der Waals surface area contributed by atoms with Gasteiger partial charge in [0.15, 0.2) is 5.82 Å². The molecule has 0 heterocycles. The zero-order valence-corrected chi connectivity index (χ0v) is 6.73. The highest BCUT2D eigenvalue weighted by Gasteiger charge is 2.19. The first-order chi connectivity index (χ1) is 6.43. The van der Waals surface area contributed by atoms with Crippen LogP contribution in [0.4, 0.5) is 15.8 Å². The van der Waals surface area contributed by atoms with E-state index in [9.17, 15) is 19.3 Å². The van der Waals surface area contributed by atoms with E-state index in [1.807, 2.05) is 0 Å². The molecular weight excluding hydrogens is 195 g/mol. The summed E-state index contributed by atoms with van der Waals surface area (Å²) in [6.45, 7) is 0. The molecule has 1 aromatic carbocycles. The van der Waals surface area contributed by atoms with Crippen LogP contribution in [0.2, 0.25) is 0 Å². The van der Waals surface area contributed by atoms with E-state index in [-0.39, 0.29) is 0 Å². The lowest BCUT2D eigenvalue weighted by Gasteiger charge is -2.00. The van der Waals surface area contributed by atoms with E-state index in [1.165, 1.54) is 0 Å². The third-order valence-corrected chi connectivity index (χ3v) is 1.55. The molecule has 14 heavy (non-hydrogen) atoms. The number of hydrogen-bond donors (Lipinski definition) is 2. The van der Waals surface area contributed by atoms with Gasteiger partial charge in [-0.15, -0.1) is 0 Å². The molecule has 0 aromatic heterocycles. The molecule has 1 rings (SSSR count). The van der Waals surface area contributed by atoms with Crippen molar-refractivity contribution in [3.05, 3.63) is 33.6 Å². The predicted octanol–water partition coefficient (Wildman–Crippen LogP) is 1.01. The van der Waals surface area contributed by atoms with Gasteiger partial charge in [-0.25, -0.2) is 9.18 Å². The quantitative estimate of drug-likeness (QED) is 0.421. The molecule has 0 saturated carbocycles. The van der Waals surface area contributed by atoms with Gasteiger partial charge in [-0.3, -0.25) is 10.1 Å². The standard InChI is InChI=1S/C7H5FN2O4/c8-4-1-3(7(11)12)2-5(6(4)9)10(13)14/h1-2H,9H2,(H,11,12). The van der Waals surface area contributed by atoms with Gasteiger partial charge in [0.05, 0.1) is 10.5 Å². The van der Waals surface area contributed by atoms with Crippen LogP contribution >= 0.6 is 0 Å². The average Bonchev–Trinajstić information content (AvgIpc) is 2.08. The minimum absolute atomic E-state index is 0.511. The van der Waals surface area contributed by atoms with E-state index >= 15 is 0 Å². The van der Waals surface area contributed by atoms with Crippen molar-refractivity contribution >= 4 is 17.3 Å². The molecule has 0 bridgehead atoms. The van der Waals surface area contributed by atoms with Crippen LogP contribution in [0.3, 0.4) is 0 Å². The normalized spacial score (nSPS) is 9.79. The number of carboxylic acid groups (broad SMARTS) is 1. The van der Waals surface area contributed by atoms with Gasteiger partial charge < -0.3 is 10.8 Å². The number of halogens is 1. The van der Waals surface area contributed by atoms with Gasteiger partial charge in [0.2, 0.25) is 0 Å². The molecule has 7 heteroatoms. The molecule has 1 aromatic rings. The lowest BCUT2D eigenvalue weighted by molar-refractivity contribution is -0.384. The summed E-state index contributed by atoms with van der Waals surface area (Å²) in [6.07, 6.45) is 0. The fraction of sp³-hybridized carbons (Fsp3) is 0. The van der Waals surface area contributed by atoms with Gasteiger partial charge in [0, 0.05) is 6.07 Å². The largest absolute Gasteiger partial charge is 0.478 e. The van der Waals surface area contributed by atoms with Crippen molar-refractivity contribution in [1.82, 2.24) is 0 Å². The van der Waals surface area contributed by atoms with Gasteiger partial charge in [0.25, 0.3) is 5.69 Å². The van der Waals surface area contributed by atoms with E-state index in [0.717, 1.165) is 0 Å². The summed E-state index contributed by atoms with van der Waals surface area (Å²) in [4.78, 5) is 19.8. The van der Waals surface area contributed by atoms with Gasteiger partial charge in [0.1, 0.15) is 5.69 Å². The number of benzene rings is 1. The van der Waals surface area contributed by atoms with Crippen molar-refractivity contribution in [2.45, 2.75) is 0 Å². The van der Waals surface area contributed by atoms with Crippen LogP contribution in [0.25, 0.3) is 0 Å². The summed E-state index contributed by atoms with van der Waals surface area (Å²) in [5, 5.41) is 18.8. The second-order valence-electron chi connectivity index (χ2n) is 2.45. The molecule has 0 saturated heterocycles. The molecule has 0 atom stereocenters. The number of carbonyl (C=O) groups is 1. The van der Waals surface area contributed by atoms with Crippen molar-refractivity contribution in [3.8, 4) is 0 Å². The molecule has 74 valence electrons. The molecular formula is C7H5FN2O4. The first-order valence-corrected chi connectivity index (χ1v) is 3.40. The van der Waals surface area contributed by atoms with Gasteiger partial charge in [-0.05, 0) is 6.07 Å². The monoisotopic (exact) mass is 200 g/mol. The van der Waals surface area contributed by atoms with E-state index in [0.29, 0.717) is 12.1 Å². The van der Waals surface area contributed by atoms with E-state index in [1.54, 1.807) is 0 Å². The van der Waals surface area contributed by atoms with Crippen LogP contribution in [0.1, 0.15) is 10.4 Å². The fourth-order valence-electron chi connectivity index (χ4n) is 0.878. The summed E-state index contributed by atoms with van der Waals surface area (Å²) in [5.74, 6) is -2.57. The number of rotatable bonds is 2. The second kappa shape index (κ2) is 3.29. The molecule has 0 amide bonds. The zero-order valence-electron chi connectivity index (χ0n) is 6.73. The molecule has 0 fully saturated rings. The fourth-order valence-corrected chi connectivity index (χ4v) is 0.878. The average molecular weight is 200 g/mol. The first-order valence-electron chi connectivity index (χ1n) is 3.40. The van der Waals surface area contributed by atoms with Crippen LogP contribution in [0, 0.1) is 15.9 Å². The predicted molar refractivity (Wildman–Crippen MR) is 44.4 cm³/mol. The topological polar surface area (TPSA) is 106 Å². The number of anilines is 1. The zero-order chi connectivity index (χ0) is 10.9. The lowest BCUT2D eigenvalue weighted by atomic mass is 10.1. The summed E-state index contributed by atoms with van der Waals surface area (Å²) in [5.41, 5.74) is 3.12. The van der Waals surface area contributed by atoms with Crippen molar-refractivity contribution in [2.24, 2.45) is 0 Å². The molecule has 0 spiro atoms. The number of nitrogens with two attached hydrogens (primary N) is 1. The molecule has 0 radical (unpaired) electrons. The summed E-state index contributed by atoms with van der Waals surface area (Å²) in [6, 6.07) is 1.34. The molecule has 0 aliphatic carbocycles. The van der Waals surface area contributed by atoms with E-state index < -0.39 is 33.6 Å². The number of nitro benzene ring substituents is 1. The van der Waals surface area contributed by atoms with E-state index in [2.05, 4.69) is 0 Å². The van der Waals surface area contributed by atoms with Crippen LogP contribution in [-0.2, 0) is 0 Å². The summed E-state index contributed by atoms with van der Waals surface area (Å²) in [7, 11) is 0. The number of nitrogen functional groups attached to an aromatic ring is 1. The maximum Gasteiger partial charge on any atom is 0.336 e. The minimum Gasteiger partial charge on any atom is -0.478 e. The van der Waals surface area contributed by atoms with Crippen molar-refractivity contribution in [3.63, 3.8) is 0 Å². The Bertz CT molecular complexity index is 418.